The summed E-state index contributed by atoms with van der Waals surface area (Å²) in [5.74, 6) is 2.06. The molecule has 0 saturated heterocycles. The van der Waals surface area contributed by atoms with E-state index in [1.807, 2.05) is 18.2 Å². The van der Waals surface area contributed by atoms with E-state index in [-0.39, 0.29) is 5.41 Å². The van der Waals surface area contributed by atoms with Gasteiger partial charge in [0.1, 0.15) is 11.5 Å². The Labute approximate surface area is 128 Å². The van der Waals surface area contributed by atoms with E-state index in [4.69, 9.17) is 9.47 Å². The Balaban J connectivity index is 2.34. The molecule has 1 fully saturated rings. The Bertz CT molecular complexity index is 439. The molecule has 0 aliphatic heterocycles. The van der Waals surface area contributed by atoms with Gasteiger partial charge in [-0.3, -0.25) is 0 Å². The van der Waals surface area contributed by atoms with Gasteiger partial charge in [0.2, 0.25) is 0 Å². The van der Waals surface area contributed by atoms with Gasteiger partial charge in [0.15, 0.2) is 0 Å². The topological polar surface area (TPSA) is 38.7 Å². The van der Waals surface area contributed by atoms with Crippen molar-refractivity contribution in [2.45, 2.75) is 52.1 Å². The molecule has 1 N–H and O–H groups in total. The molecule has 0 bridgehead atoms. The molecular weight excluding hydrogens is 264 g/mol. The van der Waals surface area contributed by atoms with Crippen molar-refractivity contribution in [3.8, 4) is 11.5 Å². The smallest absolute Gasteiger partial charge is 0.122 e. The summed E-state index contributed by atoms with van der Waals surface area (Å²) >= 11 is 0. The van der Waals surface area contributed by atoms with Gasteiger partial charge in [0.05, 0.1) is 20.3 Å². The zero-order valence-electron chi connectivity index (χ0n) is 13.7. The van der Waals surface area contributed by atoms with Crippen LogP contribution in [0.25, 0.3) is 0 Å². The van der Waals surface area contributed by atoms with Crippen molar-refractivity contribution in [2.24, 2.45) is 11.3 Å². The molecule has 1 atom stereocenters. The standard InChI is InChI=1S/C18H28O3/c1-13(2)12-18(7-5-6-8-18)17(19)14-9-15(20-3)11-16(10-14)21-4/h9-11,13,17,19H,5-8,12H2,1-4H3. The number of rotatable bonds is 6. The fraction of sp³-hybridized carbons (Fsp3) is 0.667. The van der Waals surface area contributed by atoms with Gasteiger partial charge in [-0.15, -0.1) is 0 Å². The molecule has 0 radical (unpaired) electrons. The van der Waals surface area contributed by atoms with Crippen LogP contribution in [-0.4, -0.2) is 19.3 Å². The van der Waals surface area contributed by atoms with Crippen molar-refractivity contribution in [1.82, 2.24) is 0 Å². The van der Waals surface area contributed by atoms with Gasteiger partial charge in [0, 0.05) is 11.5 Å². The zero-order valence-corrected chi connectivity index (χ0v) is 13.7. The lowest BCUT2D eigenvalue weighted by Gasteiger charge is -2.36. The minimum Gasteiger partial charge on any atom is -0.497 e. The van der Waals surface area contributed by atoms with Crippen LogP contribution in [0.15, 0.2) is 18.2 Å². The first-order chi connectivity index (χ1) is 10.0. The Morgan fingerprint density at radius 3 is 2.00 bits per heavy atom. The normalized spacial score (nSPS) is 18.8. The first-order valence-electron chi connectivity index (χ1n) is 7.92. The van der Waals surface area contributed by atoms with E-state index in [1.54, 1.807) is 14.2 Å². The minimum atomic E-state index is -0.452. The summed E-state index contributed by atoms with van der Waals surface area (Å²) in [5.41, 5.74) is 0.916. The molecule has 3 nitrogen and oxygen atoms in total. The fourth-order valence-electron chi connectivity index (χ4n) is 3.82. The van der Waals surface area contributed by atoms with Crippen molar-refractivity contribution in [3.63, 3.8) is 0 Å². The third-order valence-electron chi connectivity index (χ3n) is 4.68. The fourth-order valence-corrected chi connectivity index (χ4v) is 3.82. The summed E-state index contributed by atoms with van der Waals surface area (Å²) in [6.45, 7) is 4.47. The largest absolute Gasteiger partial charge is 0.497 e. The second kappa shape index (κ2) is 6.69. The van der Waals surface area contributed by atoms with Crippen LogP contribution in [0.1, 0.15) is 57.6 Å². The third kappa shape index (κ3) is 3.52. The maximum absolute atomic E-state index is 11.0. The molecule has 1 unspecified atom stereocenters. The van der Waals surface area contributed by atoms with Crippen LogP contribution in [0.5, 0.6) is 11.5 Å². The molecule has 1 saturated carbocycles. The number of aliphatic hydroxyl groups is 1. The Hall–Kier alpha value is -1.22. The second-order valence-corrected chi connectivity index (χ2v) is 6.72. The second-order valence-electron chi connectivity index (χ2n) is 6.72. The lowest BCUT2D eigenvalue weighted by Crippen LogP contribution is -2.27. The van der Waals surface area contributed by atoms with Crippen LogP contribution in [-0.2, 0) is 0 Å². The summed E-state index contributed by atoms with van der Waals surface area (Å²) in [4.78, 5) is 0. The van der Waals surface area contributed by atoms with Gasteiger partial charge in [-0.05, 0) is 42.9 Å². The number of hydrogen-bond acceptors (Lipinski definition) is 3. The summed E-state index contributed by atoms with van der Waals surface area (Å²) in [6.07, 6.45) is 5.24. The average molecular weight is 292 g/mol. The highest BCUT2D eigenvalue weighted by molar-refractivity contribution is 5.40. The zero-order chi connectivity index (χ0) is 15.5. The first-order valence-corrected chi connectivity index (χ1v) is 7.92. The first kappa shape index (κ1) is 16.2. The molecule has 0 spiro atoms. The van der Waals surface area contributed by atoms with E-state index in [1.165, 1.54) is 12.8 Å². The maximum atomic E-state index is 11.0. The molecule has 1 aliphatic rings. The van der Waals surface area contributed by atoms with E-state index in [9.17, 15) is 5.11 Å². The SMILES string of the molecule is COc1cc(OC)cc(C(O)C2(CC(C)C)CCCC2)c1. The van der Waals surface area contributed by atoms with Crippen LogP contribution in [0, 0.1) is 11.3 Å². The van der Waals surface area contributed by atoms with E-state index < -0.39 is 6.10 Å². The highest BCUT2D eigenvalue weighted by Crippen LogP contribution is 2.52. The molecule has 0 aromatic heterocycles. The predicted molar refractivity (Wildman–Crippen MR) is 84.9 cm³/mol. The van der Waals surface area contributed by atoms with E-state index in [0.717, 1.165) is 36.3 Å². The maximum Gasteiger partial charge on any atom is 0.122 e. The van der Waals surface area contributed by atoms with Crippen molar-refractivity contribution in [3.05, 3.63) is 23.8 Å². The Morgan fingerprint density at radius 2 is 1.57 bits per heavy atom. The molecule has 3 heteroatoms. The van der Waals surface area contributed by atoms with Gasteiger partial charge in [-0.2, -0.15) is 0 Å². The number of ether oxygens (including phenoxy) is 2. The van der Waals surface area contributed by atoms with Crippen LogP contribution in [0.2, 0.25) is 0 Å². The Kier molecular flexibility index (Phi) is 5.15. The van der Waals surface area contributed by atoms with Crippen molar-refractivity contribution < 1.29 is 14.6 Å². The number of hydrogen-bond donors (Lipinski definition) is 1. The molecule has 1 aromatic rings. The quantitative estimate of drug-likeness (QED) is 0.847. The lowest BCUT2D eigenvalue weighted by atomic mass is 9.72. The van der Waals surface area contributed by atoms with Crippen LogP contribution >= 0.6 is 0 Å². The number of benzene rings is 1. The number of methoxy groups -OCH3 is 2. The molecule has 0 amide bonds. The minimum absolute atomic E-state index is 0.00550. The number of aliphatic hydroxyl groups excluding tert-OH is 1. The molecular formula is C18H28O3. The summed E-state index contributed by atoms with van der Waals surface area (Å²) in [5, 5.41) is 11.0. The highest BCUT2D eigenvalue weighted by atomic mass is 16.5. The highest BCUT2D eigenvalue weighted by Gasteiger charge is 2.41. The van der Waals surface area contributed by atoms with Crippen LogP contribution in [0.3, 0.4) is 0 Å². The van der Waals surface area contributed by atoms with Gasteiger partial charge in [-0.25, -0.2) is 0 Å². The van der Waals surface area contributed by atoms with E-state index in [0.29, 0.717) is 5.92 Å². The van der Waals surface area contributed by atoms with Crippen molar-refractivity contribution >= 4 is 0 Å². The predicted octanol–water partition coefficient (Wildman–Crippen LogP) is 4.34. The van der Waals surface area contributed by atoms with E-state index in [2.05, 4.69) is 13.8 Å². The summed E-state index contributed by atoms with van der Waals surface area (Å²) < 4.78 is 10.7. The van der Waals surface area contributed by atoms with Crippen molar-refractivity contribution in [1.29, 1.82) is 0 Å². The van der Waals surface area contributed by atoms with Gasteiger partial charge in [0.25, 0.3) is 0 Å². The average Bonchev–Trinajstić information content (AvgIpc) is 2.94. The third-order valence-corrected chi connectivity index (χ3v) is 4.68. The van der Waals surface area contributed by atoms with Crippen LogP contribution < -0.4 is 9.47 Å². The van der Waals surface area contributed by atoms with Gasteiger partial charge < -0.3 is 14.6 Å². The van der Waals surface area contributed by atoms with E-state index >= 15 is 0 Å². The van der Waals surface area contributed by atoms with Crippen molar-refractivity contribution in [2.75, 3.05) is 14.2 Å². The molecule has 1 aliphatic carbocycles. The monoisotopic (exact) mass is 292 g/mol. The molecule has 2 rings (SSSR count). The molecule has 21 heavy (non-hydrogen) atoms. The summed E-state index contributed by atoms with van der Waals surface area (Å²) in [6, 6.07) is 5.72. The summed E-state index contributed by atoms with van der Waals surface area (Å²) in [7, 11) is 3.29. The van der Waals surface area contributed by atoms with Crippen LogP contribution in [0.4, 0.5) is 0 Å². The lowest BCUT2D eigenvalue weighted by molar-refractivity contribution is 0.0109. The Morgan fingerprint density at radius 1 is 1.05 bits per heavy atom. The van der Waals surface area contributed by atoms with Gasteiger partial charge >= 0.3 is 0 Å². The molecule has 118 valence electrons. The molecule has 1 aromatic carbocycles. The molecule has 0 heterocycles. The van der Waals surface area contributed by atoms with Gasteiger partial charge in [-0.1, -0.05) is 26.7 Å².